The molecule has 0 bridgehead atoms. The highest BCUT2D eigenvalue weighted by Gasteiger charge is 2.37. The molecule has 1 aromatic heterocycles. The summed E-state index contributed by atoms with van der Waals surface area (Å²) in [5, 5.41) is 3.72. The summed E-state index contributed by atoms with van der Waals surface area (Å²) in [4.78, 5) is 18.0. The van der Waals surface area contributed by atoms with Crippen LogP contribution in [0, 0.1) is 0 Å². The van der Waals surface area contributed by atoms with E-state index in [1.807, 2.05) is 0 Å². The molecule has 0 radical (unpaired) electrons. The molecule has 0 N–H and O–H groups in total. The molecule has 0 saturated carbocycles. The number of nitrogens with zero attached hydrogens (tertiary/aromatic N) is 3. The van der Waals surface area contributed by atoms with Crippen LogP contribution in [-0.4, -0.2) is 40.4 Å². The summed E-state index contributed by atoms with van der Waals surface area (Å²) < 4.78 is 84.2. The molecule has 0 atom stereocenters. The fourth-order valence-corrected chi connectivity index (χ4v) is 3.14. The number of benzene rings is 2. The van der Waals surface area contributed by atoms with E-state index in [1.165, 1.54) is 29.2 Å². The van der Waals surface area contributed by atoms with E-state index in [0.717, 1.165) is 24.3 Å². The Morgan fingerprint density at radius 2 is 1.72 bits per heavy atom. The van der Waals surface area contributed by atoms with Crippen LogP contribution in [0.15, 0.2) is 53.1 Å². The maximum absolute atomic E-state index is 12.9. The Kier molecular flexibility index (Phi) is 5.31. The lowest BCUT2D eigenvalue weighted by molar-refractivity contribution is -0.274. The van der Waals surface area contributed by atoms with Gasteiger partial charge in [0, 0.05) is 24.2 Å². The zero-order valence-electron chi connectivity index (χ0n) is 15.9. The molecule has 12 heteroatoms. The van der Waals surface area contributed by atoms with Gasteiger partial charge in [-0.15, -0.1) is 13.2 Å². The van der Waals surface area contributed by atoms with Crippen molar-refractivity contribution in [2.45, 2.75) is 18.5 Å². The van der Waals surface area contributed by atoms with Crippen molar-refractivity contribution in [3.63, 3.8) is 0 Å². The van der Waals surface area contributed by atoms with Gasteiger partial charge < -0.3 is 14.2 Å². The minimum absolute atomic E-state index is 0.00358. The summed E-state index contributed by atoms with van der Waals surface area (Å²) in [6.45, 7) is 0.424. The first-order valence-electron chi connectivity index (χ1n) is 9.16. The molecule has 1 saturated heterocycles. The Hall–Kier alpha value is -3.57. The van der Waals surface area contributed by atoms with Gasteiger partial charge in [-0.05, 0) is 36.4 Å². The van der Waals surface area contributed by atoms with Gasteiger partial charge in [0.1, 0.15) is 5.75 Å². The van der Waals surface area contributed by atoms with Crippen LogP contribution >= 0.6 is 0 Å². The molecule has 2 aromatic carbocycles. The second kappa shape index (κ2) is 7.84. The smallest absolute Gasteiger partial charge is 0.406 e. The molecule has 1 aliphatic heterocycles. The molecule has 1 amide bonds. The SMILES string of the molecule is O=C(c1ccc(OC(F)(F)F)cc1)N1CC(c2nc(-c3cccc(C(F)(F)F)c3)no2)C1. The Morgan fingerprint density at radius 3 is 2.34 bits per heavy atom. The average Bonchev–Trinajstić information content (AvgIpc) is 3.15. The first-order chi connectivity index (χ1) is 15.0. The van der Waals surface area contributed by atoms with E-state index in [4.69, 9.17) is 4.52 Å². The summed E-state index contributed by atoms with van der Waals surface area (Å²) in [5.74, 6) is -0.980. The largest absolute Gasteiger partial charge is 0.573 e. The molecule has 1 aliphatic rings. The number of aromatic nitrogens is 2. The number of amides is 1. The van der Waals surface area contributed by atoms with Crippen LogP contribution in [0.4, 0.5) is 26.3 Å². The molecule has 6 nitrogen and oxygen atoms in total. The number of rotatable bonds is 4. The molecule has 4 rings (SSSR count). The normalized spacial score (nSPS) is 14.9. The molecule has 3 aromatic rings. The highest BCUT2D eigenvalue weighted by molar-refractivity contribution is 5.95. The summed E-state index contributed by atoms with van der Waals surface area (Å²) in [6.07, 6.45) is -9.33. The van der Waals surface area contributed by atoms with Crippen LogP contribution in [0.2, 0.25) is 0 Å². The van der Waals surface area contributed by atoms with E-state index in [1.54, 1.807) is 0 Å². The number of ether oxygens (including phenoxy) is 1. The van der Waals surface area contributed by atoms with Gasteiger partial charge in [0.15, 0.2) is 0 Å². The monoisotopic (exact) mass is 457 g/mol. The van der Waals surface area contributed by atoms with Crippen molar-refractivity contribution in [3.8, 4) is 17.1 Å². The van der Waals surface area contributed by atoms with Crippen LogP contribution in [0.3, 0.4) is 0 Å². The second-order valence-corrected chi connectivity index (χ2v) is 7.01. The molecule has 0 unspecified atom stereocenters. The molecule has 32 heavy (non-hydrogen) atoms. The number of carbonyl (C=O) groups is 1. The maximum Gasteiger partial charge on any atom is 0.573 e. The zero-order chi connectivity index (χ0) is 23.1. The number of hydrogen-bond donors (Lipinski definition) is 0. The number of carbonyl (C=O) groups excluding carboxylic acids is 1. The Morgan fingerprint density at radius 1 is 1.03 bits per heavy atom. The van der Waals surface area contributed by atoms with Gasteiger partial charge in [-0.2, -0.15) is 18.2 Å². The number of likely N-dealkylation sites (tertiary alicyclic amines) is 1. The third kappa shape index (κ3) is 4.68. The van der Waals surface area contributed by atoms with Gasteiger partial charge >= 0.3 is 12.5 Å². The van der Waals surface area contributed by atoms with E-state index in [0.29, 0.717) is 0 Å². The topological polar surface area (TPSA) is 68.5 Å². The van der Waals surface area contributed by atoms with Crippen molar-refractivity contribution in [1.82, 2.24) is 15.0 Å². The molecular formula is C20H13F6N3O3. The van der Waals surface area contributed by atoms with Gasteiger partial charge in [0.05, 0.1) is 11.5 Å². The van der Waals surface area contributed by atoms with E-state index >= 15 is 0 Å². The first-order valence-corrected chi connectivity index (χ1v) is 9.16. The summed E-state index contributed by atoms with van der Waals surface area (Å²) in [7, 11) is 0. The highest BCUT2D eigenvalue weighted by Crippen LogP contribution is 2.33. The number of alkyl halides is 6. The van der Waals surface area contributed by atoms with Gasteiger partial charge in [-0.3, -0.25) is 4.79 Å². The Balaban J connectivity index is 1.38. The maximum atomic E-state index is 12.9. The first kappa shape index (κ1) is 21.7. The van der Waals surface area contributed by atoms with E-state index in [9.17, 15) is 31.1 Å². The lowest BCUT2D eigenvalue weighted by Crippen LogP contribution is -2.48. The highest BCUT2D eigenvalue weighted by atomic mass is 19.4. The van der Waals surface area contributed by atoms with Gasteiger partial charge in [-0.1, -0.05) is 17.3 Å². The van der Waals surface area contributed by atoms with Gasteiger partial charge in [0.25, 0.3) is 5.91 Å². The Bertz CT molecular complexity index is 1120. The molecule has 0 aliphatic carbocycles. The predicted molar refractivity (Wildman–Crippen MR) is 96.5 cm³/mol. The number of halogens is 6. The predicted octanol–water partition coefficient (Wildman–Crippen LogP) is 4.89. The minimum atomic E-state index is -4.83. The summed E-state index contributed by atoms with van der Waals surface area (Å²) in [5.41, 5.74) is -0.523. The van der Waals surface area contributed by atoms with Crippen LogP contribution < -0.4 is 4.74 Å². The van der Waals surface area contributed by atoms with Crippen molar-refractivity contribution in [3.05, 3.63) is 65.5 Å². The van der Waals surface area contributed by atoms with Crippen molar-refractivity contribution < 1.29 is 40.4 Å². The summed E-state index contributed by atoms with van der Waals surface area (Å²) >= 11 is 0. The Labute approximate surface area is 176 Å². The standard InChI is InChI=1S/C20H13F6N3O3/c21-19(22,23)14-3-1-2-12(8-14)16-27-17(32-28-16)13-9-29(10-13)18(30)11-4-6-15(7-5-11)31-20(24,25)26/h1-8,13H,9-10H2. The van der Waals surface area contributed by atoms with Crippen molar-refractivity contribution in [2.24, 2.45) is 0 Å². The minimum Gasteiger partial charge on any atom is -0.406 e. The van der Waals surface area contributed by atoms with Crippen molar-refractivity contribution in [2.75, 3.05) is 13.1 Å². The van der Waals surface area contributed by atoms with Gasteiger partial charge in [0.2, 0.25) is 11.7 Å². The molecule has 0 spiro atoms. The van der Waals surface area contributed by atoms with E-state index in [2.05, 4.69) is 14.9 Å². The van der Waals surface area contributed by atoms with E-state index < -0.39 is 29.8 Å². The van der Waals surface area contributed by atoms with Crippen LogP contribution in [0.5, 0.6) is 5.75 Å². The van der Waals surface area contributed by atoms with Crippen LogP contribution in [0.25, 0.3) is 11.4 Å². The third-order valence-electron chi connectivity index (χ3n) is 4.74. The lowest BCUT2D eigenvalue weighted by atomic mass is 9.98. The average molecular weight is 457 g/mol. The second-order valence-electron chi connectivity index (χ2n) is 7.01. The van der Waals surface area contributed by atoms with Gasteiger partial charge in [-0.25, -0.2) is 0 Å². The number of hydrogen-bond acceptors (Lipinski definition) is 5. The quantitative estimate of drug-likeness (QED) is 0.522. The van der Waals surface area contributed by atoms with Crippen molar-refractivity contribution in [1.29, 1.82) is 0 Å². The van der Waals surface area contributed by atoms with Crippen LogP contribution in [0.1, 0.15) is 27.7 Å². The molecular weight excluding hydrogens is 444 g/mol. The molecule has 1 fully saturated rings. The van der Waals surface area contributed by atoms with Crippen LogP contribution in [-0.2, 0) is 6.18 Å². The third-order valence-corrected chi connectivity index (χ3v) is 4.74. The fourth-order valence-electron chi connectivity index (χ4n) is 3.14. The molecule has 2 heterocycles. The molecule has 168 valence electrons. The van der Waals surface area contributed by atoms with Crippen molar-refractivity contribution >= 4 is 5.91 Å². The summed E-state index contributed by atoms with van der Waals surface area (Å²) in [6, 6.07) is 9.02. The lowest BCUT2D eigenvalue weighted by Gasteiger charge is -2.37. The zero-order valence-corrected chi connectivity index (χ0v) is 15.9. The fraction of sp³-hybridized carbons (Fsp3) is 0.250. The van der Waals surface area contributed by atoms with E-state index in [-0.39, 0.29) is 41.8 Å².